The number of carbonyl (C=O) groups excluding carboxylic acids is 2. The van der Waals surface area contributed by atoms with Gasteiger partial charge >= 0.3 is 0 Å². The fourth-order valence-corrected chi connectivity index (χ4v) is 2.05. The first-order valence-corrected chi connectivity index (χ1v) is 6.20. The van der Waals surface area contributed by atoms with Gasteiger partial charge in [-0.25, -0.2) is 0 Å². The Morgan fingerprint density at radius 3 is 3.05 bits per heavy atom. The first-order chi connectivity index (χ1) is 9.20. The lowest BCUT2D eigenvalue weighted by Crippen LogP contribution is -2.29. The zero-order valence-corrected chi connectivity index (χ0v) is 10.6. The Labute approximate surface area is 112 Å². The monoisotopic (exact) mass is 257 g/mol. The molecule has 0 fully saturated rings. The summed E-state index contributed by atoms with van der Waals surface area (Å²) in [6, 6.07) is 5.39. The number of nitrogens with one attached hydrogen (secondary N) is 1. The van der Waals surface area contributed by atoms with Crippen LogP contribution < -0.4 is 10.1 Å². The van der Waals surface area contributed by atoms with Gasteiger partial charge in [-0.2, -0.15) is 0 Å². The molecule has 19 heavy (non-hydrogen) atoms. The number of carbonyl (C=O) groups is 2. The molecule has 98 valence electrons. The number of ether oxygens (including phenoxy) is 1. The molecule has 0 saturated carbocycles. The number of hydrogen-bond donors (Lipinski definition) is 1. The minimum Gasteiger partial charge on any atom is -0.484 e. The maximum Gasteiger partial charge on any atom is 0.258 e. The Kier molecular flexibility index (Phi) is 4.19. The van der Waals surface area contributed by atoms with E-state index in [9.17, 15) is 9.59 Å². The lowest BCUT2D eigenvalue weighted by molar-refractivity contribution is -0.122. The maximum absolute atomic E-state index is 11.8. The third-order valence-electron chi connectivity index (χ3n) is 2.99. The normalized spacial score (nSPS) is 13.3. The van der Waals surface area contributed by atoms with Crippen LogP contribution in [0.4, 0.5) is 0 Å². The summed E-state index contributed by atoms with van der Waals surface area (Å²) in [4.78, 5) is 23.1. The summed E-state index contributed by atoms with van der Waals surface area (Å²) in [6.07, 6.45) is 7.44. The lowest BCUT2D eigenvalue weighted by Gasteiger charge is -2.15. The summed E-state index contributed by atoms with van der Waals surface area (Å²) in [5.74, 6) is 2.71. The van der Waals surface area contributed by atoms with Crippen molar-refractivity contribution in [1.82, 2.24) is 5.32 Å². The maximum atomic E-state index is 11.8. The molecule has 2 rings (SSSR count). The molecule has 0 saturated heterocycles. The highest BCUT2D eigenvalue weighted by molar-refractivity contribution is 5.98. The van der Waals surface area contributed by atoms with E-state index in [0.29, 0.717) is 17.7 Å². The highest BCUT2D eigenvalue weighted by atomic mass is 16.5. The molecule has 0 unspecified atom stereocenters. The molecular formula is C15H15NO3. The molecule has 0 aliphatic heterocycles. The van der Waals surface area contributed by atoms with E-state index in [0.717, 1.165) is 18.4 Å². The van der Waals surface area contributed by atoms with Crippen LogP contribution in [-0.4, -0.2) is 24.8 Å². The summed E-state index contributed by atoms with van der Waals surface area (Å²) in [5.41, 5.74) is 1.77. The first-order valence-electron chi connectivity index (χ1n) is 6.20. The van der Waals surface area contributed by atoms with Crippen molar-refractivity contribution >= 4 is 11.7 Å². The molecule has 0 aromatic heterocycles. The van der Waals surface area contributed by atoms with E-state index in [-0.39, 0.29) is 24.8 Å². The number of hydrogen-bond acceptors (Lipinski definition) is 3. The average molecular weight is 257 g/mol. The molecule has 0 atom stereocenters. The van der Waals surface area contributed by atoms with Crippen LogP contribution >= 0.6 is 0 Å². The van der Waals surface area contributed by atoms with Crippen LogP contribution in [-0.2, 0) is 11.2 Å². The minimum absolute atomic E-state index is 0.103. The third-order valence-corrected chi connectivity index (χ3v) is 2.99. The molecule has 1 N–H and O–H groups in total. The van der Waals surface area contributed by atoms with Crippen molar-refractivity contribution in [2.24, 2.45) is 0 Å². The smallest absolute Gasteiger partial charge is 0.258 e. The van der Waals surface area contributed by atoms with Gasteiger partial charge in [-0.15, -0.1) is 6.42 Å². The second-order valence-corrected chi connectivity index (χ2v) is 4.37. The summed E-state index contributed by atoms with van der Waals surface area (Å²) >= 11 is 0. The van der Waals surface area contributed by atoms with Gasteiger partial charge in [0.1, 0.15) is 5.75 Å². The topological polar surface area (TPSA) is 55.4 Å². The van der Waals surface area contributed by atoms with Crippen LogP contribution in [0.2, 0.25) is 0 Å². The van der Waals surface area contributed by atoms with E-state index in [4.69, 9.17) is 11.2 Å². The lowest BCUT2D eigenvalue weighted by atomic mass is 9.90. The fourth-order valence-electron chi connectivity index (χ4n) is 2.05. The van der Waals surface area contributed by atoms with Crippen LogP contribution in [0.15, 0.2) is 18.2 Å². The van der Waals surface area contributed by atoms with Crippen molar-refractivity contribution in [2.75, 3.05) is 13.2 Å². The van der Waals surface area contributed by atoms with Crippen molar-refractivity contribution in [2.45, 2.75) is 19.3 Å². The largest absolute Gasteiger partial charge is 0.484 e. The molecule has 0 bridgehead atoms. The Hall–Kier alpha value is -2.28. The minimum atomic E-state index is -0.276. The molecule has 1 aromatic carbocycles. The van der Waals surface area contributed by atoms with Gasteiger partial charge in [0.05, 0.1) is 6.54 Å². The molecule has 4 nitrogen and oxygen atoms in total. The van der Waals surface area contributed by atoms with E-state index >= 15 is 0 Å². The number of fused-ring (bicyclic) bond motifs is 1. The number of ketones is 1. The molecule has 0 radical (unpaired) electrons. The fraction of sp³-hybridized carbons (Fsp3) is 0.333. The Morgan fingerprint density at radius 1 is 1.42 bits per heavy atom. The number of benzene rings is 1. The van der Waals surface area contributed by atoms with Crippen LogP contribution in [0, 0.1) is 12.3 Å². The number of aryl methyl sites for hydroxylation is 1. The highest BCUT2D eigenvalue weighted by Crippen LogP contribution is 2.25. The van der Waals surface area contributed by atoms with Crippen molar-refractivity contribution in [3.8, 4) is 18.1 Å². The van der Waals surface area contributed by atoms with Crippen molar-refractivity contribution < 1.29 is 14.3 Å². The van der Waals surface area contributed by atoms with Gasteiger partial charge in [-0.05, 0) is 30.5 Å². The standard InChI is InChI=1S/C15H15NO3/c1-2-8-16-15(18)10-19-12-7-6-11-4-3-5-14(17)13(11)9-12/h1,6-7,9H,3-5,8,10H2,(H,16,18). The van der Waals surface area contributed by atoms with E-state index in [1.54, 1.807) is 12.1 Å². The van der Waals surface area contributed by atoms with Crippen molar-refractivity contribution in [1.29, 1.82) is 0 Å². The van der Waals surface area contributed by atoms with Crippen LogP contribution in [0.5, 0.6) is 5.75 Å². The van der Waals surface area contributed by atoms with Gasteiger partial charge in [-0.3, -0.25) is 9.59 Å². The Morgan fingerprint density at radius 2 is 2.26 bits per heavy atom. The Balaban J connectivity index is 1.99. The van der Waals surface area contributed by atoms with Crippen LogP contribution in [0.25, 0.3) is 0 Å². The molecule has 4 heteroatoms. The predicted octanol–water partition coefficient (Wildman–Crippen LogP) is 1.33. The van der Waals surface area contributed by atoms with Gasteiger partial charge in [0.25, 0.3) is 5.91 Å². The zero-order chi connectivity index (χ0) is 13.7. The number of terminal acetylenes is 1. The summed E-state index contributed by atoms with van der Waals surface area (Å²) in [7, 11) is 0. The molecular weight excluding hydrogens is 242 g/mol. The summed E-state index contributed by atoms with van der Waals surface area (Å²) < 4.78 is 5.35. The van der Waals surface area contributed by atoms with Crippen LogP contribution in [0.3, 0.4) is 0 Å². The van der Waals surface area contributed by atoms with E-state index in [1.807, 2.05) is 6.07 Å². The van der Waals surface area contributed by atoms with Gasteiger partial charge in [0, 0.05) is 12.0 Å². The highest BCUT2D eigenvalue weighted by Gasteiger charge is 2.17. The SMILES string of the molecule is C#CCNC(=O)COc1ccc2c(c1)C(=O)CCC2. The zero-order valence-electron chi connectivity index (χ0n) is 10.6. The molecule has 1 aromatic rings. The second-order valence-electron chi connectivity index (χ2n) is 4.37. The van der Waals surface area contributed by atoms with Gasteiger partial charge in [0.2, 0.25) is 0 Å². The average Bonchev–Trinajstić information content (AvgIpc) is 2.43. The number of rotatable bonds is 4. The van der Waals surface area contributed by atoms with E-state index in [2.05, 4.69) is 11.2 Å². The quantitative estimate of drug-likeness (QED) is 0.828. The molecule has 1 aliphatic carbocycles. The predicted molar refractivity (Wildman–Crippen MR) is 71.0 cm³/mol. The van der Waals surface area contributed by atoms with Gasteiger partial charge in [-0.1, -0.05) is 12.0 Å². The van der Waals surface area contributed by atoms with E-state index < -0.39 is 0 Å². The molecule has 0 heterocycles. The van der Waals surface area contributed by atoms with Crippen molar-refractivity contribution in [3.05, 3.63) is 29.3 Å². The summed E-state index contributed by atoms with van der Waals surface area (Å²) in [5, 5.41) is 2.51. The molecule has 0 spiro atoms. The third kappa shape index (κ3) is 3.35. The van der Waals surface area contributed by atoms with Gasteiger partial charge < -0.3 is 10.1 Å². The summed E-state index contributed by atoms with van der Waals surface area (Å²) in [6.45, 7) is 0.0829. The van der Waals surface area contributed by atoms with Gasteiger partial charge in [0.15, 0.2) is 12.4 Å². The number of amides is 1. The number of Topliss-reactive ketones (excluding diaryl/α,β-unsaturated/α-hetero) is 1. The van der Waals surface area contributed by atoms with Crippen LogP contribution in [0.1, 0.15) is 28.8 Å². The Bertz CT molecular complexity index is 543. The van der Waals surface area contributed by atoms with Crippen molar-refractivity contribution in [3.63, 3.8) is 0 Å². The molecule has 1 amide bonds. The van der Waals surface area contributed by atoms with E-state index in [1.165, 1.54) is 0 Å². The molecule has 1 aliphatic rings. The first kappa shape index (κ1) is 13.2. The second kappa shape index (κ2) is 6.05.